The van der Waals surface area contributed by atoms with Gasteiger partial charge in [-0.3, -0.25) is 0 Å². The maximum atomic E-state index is 11.2. The molecule has 0 aliphatic heterocycles. The van der Waals surface area contributed by atoms with E-state index in [1.54, 1.807) is 0 Å². The molecular weight excluding hydrogens is 87.0 g/mol. The van der Waals surface area contributed by atoms with Gasteiger partial charge in [0.2, 0.25) is 0 Å². The van der Waals surface area contributed by atoms with E-state index in [1.807, 2.05) is 0 Å². The van der Waals surface area contributed by atoms with Gasteiger partial charge in [-0.1, -0.05) is 0 Å². The van der Waals surface area contributed by atoms with E-state index in [2.05, 4.69) is 0 Å². The summed E-state index contributed by atoms with van der Waals surface area (Å²) in [6.45, 7) is 0.975. The summed E-state index contributed by atoms with van der Waals surface area (Å²) in [6.07, 6.45) is -1.73. The summed E-state index contributed by atoms with van der Waals surface area (Å²) < 4.78 is 11.2. The Labute approximate surface area is 34.6 Å². The minimum Gasteiger partial charge on any atom is -0.479 e. The van der Waals surface area contributed by atoms with Crippen molar-refractivity contribution in [1.82, 2.24) is 0 Å². The number of rotatable bonds is 1. The number of halogens is 1. The van der Waals surface area contributed by atoms with E-state index < -0.39 is 12.1 Å². The maximum absolute atomic E-state index is 11.2. The number of hydrogen-bond acceptors (Lipinski definition) is 1. The molecule has 3 heteroatoms. The lowest BCUT2D eigenvalue weighted by molar-refractivity contribution is -0.142. The number of alkyl halides is 1. The van der Waals surface area contributed by atoms with Crippen molar-refractivity contribution in [2.75, 3.05) is 0 Å². The minimum atomic E-state index is -1.73. The summed E-state index contributed by atoms with van der Waals surface area (Å²) in [7, 11) is 0. The molecule has 36 valence electrons. The van der Waals surface area contributed by atoms with Crippen LogP contribution in [0, 0.1) is 0 Å². The number of carbonyl (C=O) groups is 1. The molecule has 0 unspecified atom stereocenters. The third kappa shape index (κ3) is 1.69. The largest absolute Gasteiger partial charge is 0.479 e. The number of carboxylic acid groups (broad SMARTS) is 1. The highest BCUT2D eigenvalue weighted by Crippen LogP contribution is 1.83. The first-order valence-corrected chi connectivity index (χ1v) is 1.51. The molecule has 0 heterocycles. The Bertz CT molecular complexity index is 59.8. The first-order chi connectivity index (χ1) is 2.64. The Hall–Kier alpha value is -0.600. The molecule has 0 amide bonds. The first-order valence-electron chi connectivity index (χ1n) is 1.51. The van der Waals surface area contributed by atoms with Gasteiger partial charge in [0, 0.05) is 0 Å². The van der Waals surface area contributed by atoms with Gasteiger partial charge in [0.15, 0.2) is 6.17 Å². The van der Waals surface area contributed by atoms with Crippen LogP contribution in [-0.2, 0) is 4.79 Å². The molecule has 1 atom stereocenters. The van der Waals surface area contributed by atoms with Gasteiger partial charge in [0.25, 0.3) is 0 Å². The van der Waals surface area contributed by atoms with Gasteiger partial charge >= 0.3 is 5.97 Å². The average Bonchev–Trinajstić information content (AvgIpc) is 1.36. The molecule has 0 saturated carbocycles. The molecule has 6 heavy (non-hydrogen) atoms. The Morgan fingerprint density at radius 2 is 2.17 bits per heavy atom. The van der Waals surface area contributed by atoms with Crippen LogP contribution >= 0.6 is 0 Å². The lowest BCUT2D eigenvalue weighted by atomic mass is 10.5. The Morgan fingerprint density at radius 3 is 2.17 bits per heavy atom. The molecule has 0 aliphatic rings. The number of hydrogen-bond donors (Lipinski definition) is 1. The zero-order valence-electron chi connectivity index (χ0n) is 3.31. The zero-order valence-corrected chi connectivity index (χ0v) is 3.31. The normalized spacial score (nSPS) is 13.7. The Kier molecular flexibility index (Phi) is 1.57. The van der Waals surface area contributed by atoms with Crippen LogP contribution in [-0.4, -0.2) is 17.2 Å². The highest BCUT2D eigenvalue weighted by Gasteiger charge is 2.04. The molecule has 0 spiro atoms. The van der Waals surface area contributed by atoms with Crippen molar-refractivity contribution < 1.29 is 14.3 Å². The molecule has 2 nitrogen and oxygen atoms in total. The average molecular weight is 92.1 g/mol. The Balaban J connectivity index is 3.26. The second-order valence-corrected chi connectivity index (χ2v) is 0.954. The molecule has 0 aliphatic carbocycles. The van der Waals surface area contributed by atoms with Gasteiger partial charge in [-0.05, 0) is 6.92 Å². The molecule has 0 saturated heterocycles. The van der Waals surface area contributed by atoms with Crippen molar-refractivity contribution in [2.24, 2.45) is 0 Å². The van der Waals surface area contributed by atoms with E-state index in [1.165, 1.54) is 0 Å². The molecule has 0 aromatic carbocycles. The highest BCUT2D eigenvalue weighted by atomic mass is 19.1. The third-order valence-electron chi connectivity index (χ3n) is 0.340. The smallest absolute Gasteiger partial charge is 0.337 e. The van der Waals surface area contributed by atoms with E-state index in [0.717, 1.165) is 6.92 Å². The summed E-state index contributed by atoms with van der Waals surface area (Å²) in [5, 5.41) is 7.62. The Morgan fingerprint density at radius 1 is 2.00 bits per heavy atom. The predicted octanol–water partition coefficient (Wildman–Crippen LogP) is 0.429. The van der Waals surface area contributed by atoms with Crippen molar-refractivity contribution >= 4 is 5.97 Å². The summed E-state index contributed by atoms with van der Waals surface area (Å²) in [6, 6.07) is 0. The van der Waals surface area contributed by atoms with Crippen LogP contribution in [0.3, 0.4) is 0 Å². The van der Waals surface area contributed by atoms with Gasteiger partial charge in [-0.15, -0.1) is 0 Å². The lowest BCUT2D eigenvalue weighted by Gasteiger charge is -1.85. The fourth-order valence-electron chi connectivity index (χ4n) is 0. The molecule has 0 fully saturated rings. The molecule has 0 aromatic heterocycles. The fraction of sp³-hybridized carbons (Fsp3) is 0.667. The van der Waals surface area contributed by atoms with Crippen molar-refractivity contribution in [3.8, 4) is 0 Å². The first kappa shape index (κ1) is 5.40. The van der Waals surface area contributed by atoms with Crippen molar-refractivity contribution in [1.29, 1.82) is 0 Å². The van der Waals surface area contributed by atoms with Crippen molar-refractivity contribution in [3.63, 3.8) is 0 Å². The summed E-state index contributed by atoms with van der Waals surface area (Å²) in [5.74, 6) is -1.41. The van der Waals surface area contributed by atoms with Gasteiger partial charge in [-0.2, -0.15) is 0 Å². The fourth-order valence-corrected chi connectivity index (χ4v) is 0. The third-order valence-corrected chi connectivity index (χ3v) is 0.340. The number of carboxylic acids is 1. The van der Waals surface area contributed by atoms with Gasteiger partial charge in [0.1, 0.15) is 0 Å². The van der Waals surface area contributed by atoms with Crippen LogP contribution in [0.1, 0.15) is 6.92 Å². The predicted molar refractivity (Wildman–Crippen MR) is 18.2 cm³/mol. The standard InChI is InChI=1S/C3H5FO2/c1-2(4)3(5)6/h2H,1H3,(H,5,6)/t2-/m1/s1. The van der Waals surface area contributed by atoms with Crippen molar-refractivity contribution in [3.05, 3.63) is 0 Å². The molecule has 0 aromatic rings. The van der Waals surface area contributed by atoms with Crippen LogP contribution in [0.5, 0.6) is 0 Å². The van der Waals surface area contributed by atoms with Gasteiger partial charge in [-0.25, -0.2) is 9.18 Å². The highest BCUT2D eigenvalue weighted by molar-refractivity contribution is 5.71. The van der Waals surface area contributed by atoms with Crippen LogP contribution in [0.2, 0.25) is 0 Å². The van der Waals surface area contributed by atoms with E-state index in [0.29, 0.717) is 0 Å². The molecule has 0 radical (unpaired) electrons. The van der Waals surface area contributed by atoms with Crippen molar-refractivity contribution in [2.45, 2.75) is 13.1 Å². The van der Waals surface area contributed by atoms with E-state index in [4.69, 9.17) is 5.11 Å². The van der Waals surface area contributed by atoms with E-state index in [9.17, 15) is 9.18 Å². The quantitative estimate of drug-likeness (QED) is 0.509. The van der Waals surface area contributed by atoms with Crippen LogP contribution in [0.15, 0.2) is 0 Å². The van der Waals surface area contributed by atoms with Gasteiger partial charge in [0.05, 0.1) is 0 Å². The van der Waals surface area contributed by atoms with Gasteiger partial charge < -0.3 is 5.11 Å². The summed E-state index contributed by atoms with van der Waals surface area (Å²) >= 11 is 0. The molecule has 0 rings (SSSR count). The minimum absolute atomic E-state index is 0.975. The maximum Gasteiger partial charge on any atom is 0.337 e. The molecule has 1 N–H and O–H groups in total. The zero-order chi connectivity index (χ0) is 5.15. The van der Waals surface area contributed by atoms with Crippen LogP contribution in [0.25, 0.3) is 0 Å². The summed E-state index contributed by atoms with van der Waals surface area (Å²) in [4.78, 5) is 9.32. The second kappa shape index (κ2) is 1.74. The van der Waals surface area contributed by atoms with E-state index in [-0.39, 0.29) is 0 Å². The SMILES string of the molecule is C[C@@H](F)C(=O)O. The van der Waals surface area contributed by atoms with E-state index >= 15 is 0 Å². The summed E-state index contributed by atoms with van der Waals surface area (Å²) in [5.41, 5.74) is 0. The van der Waals surface area contributed by atoms with Crippen LogP contribution < -0.4 is 0 Å². The number of aliphatic carboxylic acids is 1. The van der Waals surface area contributed by atoms with Crippen LogP contribution in [0.4, 0.5) is 4.39 Å². The monoisotopic (exact) mass is 92.0 g/mol. The molecular formula is C3H5FO2. The topological polar surface area (TPSA) is 37.3 Å². The lowest BCUT2D eigenvalue weighted by Crippen LogP contribution is -2.08. The second-order valence-electron chi connectivity index (χ2n) is 0.954. The molecule has 0 bridgehead atoms.